The van der Waals surface area contributed by atoms with Crippen molar-refractivity contribution in [2.45, 2.75) is 0 Å². The van der Waals surface area contributed by atoms with Crippen LogP contribution in [0.5, 0.6) is 6.01 Å². The molecule has 6 nitrogen and oxygen atoms in total. The van der Waals surface area contributed by atoms with Gasteiger partial charge in [0.2, 0.25) is 5.91 Å². The van der Waals surface area contributed by atoms with Crippen LogP contribution in [-0.4, -0.2) is 23.0 Å². The number of carbonyl (C=O) groups is 1. The largest absolute Gasteiger partial charge is 0.467 e. The van der Waals surface area contributed by atoms with Crippen molar-refractivity contribution in [3.05, 3.63) is 42.6 Å². The molecule has 0 spiro atoms. The second-order valence-electron chi connectivity index (χ2n) is 3.30. The van der Waals surface area contributed by atoms with E-state index < -0.39 is 0 Å². The monoisotopic (exact) mass is 245 g/mol. The van der Waals surface area contributed by atoms with Crippen LogP contribution < -0.4 is 10.1 Å². The Labute approximate surface area is 103 Å². The van der Waals surface area contributed by atoms with Crippen LogP contribution in [0, 0.1) is 0 Å². The fourth-order valence-electron chi connectivity index (χ4n) is 1.21. The second kappa shape index (κ2) is 5.62. The summed E-state index contributed by atoms with van der Waals surface area (Å²) in [7, 11) is 1.47. The molecular formula is C12H11N3O3. The summed E-state index contributed by atoms with van der Waals surface area (Å²) < 4.78 is 9.87. The van der Waals surface area contributed by atoms with Crippen LogP contribution in [0.15, 0.2) is 41.3 Å². The van der Waals surface area contributed by atoms with Crippen molar-refractivity contribution in [1.82, 2.24) is 9.97 Å². The highest BCUT2D eigenvalue weighted by Crippen LogP contribution is 2.07. The van der Waals surface area contributed by atoms with Crippen molar-refractivity contribution in [3.8, 4) is 6.01 Å². The van der Waals surface area contributed by atoms with Gasteiger partial charge in [-0.25, -0.2) is 9.97 Å². The Balaban J connectivity index is 1.94. The quantitative estimate of drug-likeness (QED) is 0.830. The number of amides is 1. The first-order chi connectivity index (χ1) is 8.78. The van der Waals surface area contributed by atoms with Crippen molar-refractivity contribution in [3.63, 3.8) is 0 Å². The van der Waals surface area contributed by atoms with E-state index in [1.54, 1.807) is 18.2 Å². The van der Waals surface area contributed by atoms with Gasteiger partial charge in [0, 0.05) is 6.08 Å². The summed E-state index contributed by atoms with van der Waals surface area (Å²) in [6.45, 7) is 0. The van der Waals surface area contributed by atoms with Crippen LogP contribution in [0.1, 0.15) is 5.76 Å². The average Bonchev–Trinajstić information content (AvgIpc) is 2.90. The highest BCUT2D eigenvalue weighted by atomic mass is 16.5. The van der Waals surface area contributed by atoms with E-state index in [4.69, 9.17) is 9.15 Å². The van der Waals surface area contributed by atoms with Gasteiger partial charge in [0.05, 0.1) is 31.5 Å². The molecule has 2 aromatic rings. The van der Waals surface area contributed by atoms with E-state index in [9.17, 15) is 4.79 Å². The normalized spacial score (nSPS) is 10.5. The van der Waals surface area contributed by atoms with Gasteiger partial charge < -0.3 is 14.5 Å². The number of ether oxygens (including phenoxy) is 1. The minimum absolute atomic E-state index is 0.249. The van der Waals surface area contributed by atoms with Crippen molar-refractivity contribution >= 4 is 17.7 Å². The minimum Gasteiger partial charge on any atom is -0.467 e. The van der Waals surface area contributed by atoms with Crippen molar-refractivity contribution in [2.75, 3.05) is 12.4 Å². The lowest BCUT2D eigenvalue weighted by Crippen LogP contribution is -2.08. The van der Waals surface area contributed by atoms with E-state index in [0.29, 0.717) is 11.4 Å². The molecule has 2 heterocycles. The molecule has 0 unspecified atom stereocenters. The van der Waals surface area contributed by atoms with E-state index in [1.807, 2.05) is 0 Å². The van der Waals surface area contributed by atoms with Crippen LogP contribution in [0.2, 0.25) is 0 Å². The Morgan fingerprint density at radius 1 is 1.44 bits per heavy atom. The van der Waals surface area contributed by atoms with E-state index >= 15 is 0 Å². The van der Waals surface area contributed by atoms with Gasteiger partial charge in [-0.1, -0.05) is 0 Å². The number of hydrogen-bond acceptors (Lipinski definition) is 5. The molecule has 1 N–H and O–H groups in total. The first-order valence-electron chi connectivity index (χ1n) is 5.16. The lowest BCUT2D eigenvalue weighted by atomic mass is 10.4. The summed E-state index contributed by atoms with van der Waals surface area (Å²) in [5, 5.41) is 2.61. The van der Waals surface area contributed by atoms with Crippen LogP contribution in [0.25, 0.3) is 6.08 Å². The van der Waals surface area contributed by atoms with Gasteiger partial charge in [-0.2, -0.15) is 0 Å². The van der Waals surface area contributed by atoms with E-state index in [-0.39, 0.29) is 11.9 Å². The molecule has 2 rings (SSSR count). The van der Waals surface area contributed by atoms with Crippen molar-refractivity contribution < 1.29 is 13.9 Å². The number of hydrogen-bond donors (Lipinski definition) is 1. The summed E-state index contributed by atoms with van der Waals surface area (Å²) in [6.07, 6.45) is 7.40. The molecule has 0 radical (unpaired) electrons. The van der Waals surface area contributed by atoms with E-state index in [1.165, 1.54) is 31.8 Å². The predicted octanol–water partition coefficient (Wildman–Crippen LogP) is 1.73. The van der Waals surface area contributed by atoms with Gasteiger partial charge in [0.15, 0.2) is 0 Å². The molecule has 92 valence electrons. The number of rotatable bonds is 4. The number of carbonyl (C=O) groups excluding carboxylic acids is 1. The Bertz CT molecular complexity index is 532. The zero-order chi connectivity index (χ0) is 12.8. The predicted molar refractivity (Wildman–Crippen MR) is 65.0 cm³/mol. The number of methoxy groups -OCH3 is 1. The van der Waals surface area contributed by atoms with Crippen LogP contribution in [-0.2, 0) is 4.79 Å². The Morgan fingerprint density at radius 2 is 2.22 bits per heavy atom. The molecule has 0 aromatic carbocycles. The zero-order valence-corrected chi connectivity index (χ0v) is 9.66. The Hall–Kier alpha value is -2.63. The van der Waals surface area contributed by atoms with Gasteiger partial charge in [0.25, 0.3) is 0 Å². The smallest absolute Gasteiger partial charge is 0.316 e. The number of nitrogens with one attached hydrogen (secondary N) is 1. The molecule has 0 bridgehead atoms. The molecule has 0 saturated carbocycles. The fraction of sp³-hybridized carbons (Fsp3) is 0.0833. The van der Waals surface area contributed by atoms with Crippen molar-refractivity contribution in [1.29, 1.82) is 0 Å². The molecule has 18 heavy (non-hydrogen) atoms. The maximum absolute atomic E-state index is 11.5. The number of aromatic nitrogens is 2. The molecule has 0 aliphatic heterocycles. The van der Waals surface area contributed by atoms with E-state index in [2.05, 4.69) is 15.3 Å². The molecule has 6 heteroatoms. The topological polar surface area (TPSA) is 77.2 Å². The first-order valence-corrected chi connectivity index (χ1v) is 5.16. The summed E-state index contributed by atoms with van der Waals surface area (Å²) in [4.78, 5) is 19.3. The third kappa shape index (κ3) is 3.18. The van der Waals surface area contributed by atoms with Crippen LogP contribution in [0.4, 0.5) is 5.69 Å². The fourth-order valence-corrected chi connectivity index (χ4v) is 1.21. The Morgan fingerprint density at radius 3 is 2.83 bits per heavy atom. The second-order valence-corrected chi connectivity index (χ2v) is 3.30. The summed E-state index contributed by atoms with van der Waals surface area (Å²) in [5.41, 5.74) is 0.491. The number of anilines is 1. The van der Waals surface area contributed by atoms with E-state index in [0.717, 1.165) is 0 Å². The van der Waals surface area contributed by atoms with Crippen LogP contribution in [0.3, 0.4) is 0 Å². The minimum atomic E-state index is -0.292. The molecule has 0 aliphatic rings. The molecule has 1 amide bonds. The summed E-state index contributed by atoms with van der Waals surface area (Å²) in [5.74, 6) is 0.316. The van der Waals surface area contributed by atoms with Gasteiger partial charge in [-0.05, 0) is 18.2 Å². The lowest BCUT2D eigenvalue weighted by molar-refractivity contribution is -0.111. The summed E-state index contributed by atoms with van der Waals surface area (Å²) >= 11 is 0. The standard InChI is InChI=1S/C12H11N3O3/c1-17-12-13-7-9(8-14-12)15-11(16)5-4-10-3-2-6-18-10/h2-8H,1H3,(H,15,16)/b5-4+. The number of nitrogens with zero attached hydrogens (tertiary/aromatic N) is 2. The van der Waals surface area contributed by atoms with Gasteiger partial charge >= 0.3 is 6.01 Å². The van der Waals surface area contributed by atoms with Crippen molar-refractivity contribution in [2.24, 2.45) is 0 Å². The van der Waals surface area contributed by atoms with Gasteiger partial charge in [-0.3, -0.25) is 4.79 Å². The third-order valence-electron chi connectivity index (χ3n) is 2.02. The molecule has 0 fully saturated rings. The SMILES string of the molecule is COc1ncc(NC(=O)/C=C/c2ccco2)cn1. The number of furan rings is 1. The molecule has 0 aliphatic carbocycles. The molecule has 2 aromatic heterocycles. The average molecular weight is 245 g/mol. The maximum atomic E-state index is 11.5. The molecular weight excluding hydrogens is 234 g/mol. The molecule has 0 atom stereocenters. The summed E-state index contributed by atoms with van der Waals surface area (Å²) in [6, 6.07) is 3.74. The van der Waals surface area contributed by atoms with Gasteiger partial charge in [-0.15, -0.1) is 0 Å². The highest BCUT2D eigenvalue weighted by molar-refractivity contribution is 6.01. The zero-order valence-electron chi connectivity index (χ0n) is 9.66. The first kappa shape index (κ1) is 11.8. The lowest BCUT2D eigenvalue weighted by Gasteiger charge is -2.01. The highest BCUT2D eigenvalue weighted by Gasteiger charge is 2.00. The third-order valence-corrected chi connectivity index (χ3v) is 2.02. The maximum Gasteiger partial charge on any atom is 0.316 e. The van der Waals surface area contributed by atoms with Crippen LogP contribution >= 0.6 is 0 Å². The molecule has 0 saturated heterocycles. The Kier molecular flexibility index (Phi) is 3.70. The van der Waals surface area contributed by atoms with Gasteiger partial charge in [0.1, 0.15) is 5.76 Å².